The number of aldehydes is 1. The van der Waals surface area contributed by atoms with Crippen LogP contribution in [0.1, 0.15) is 60.2 Å². The van der Waals surface area contributed by atoms with Gasteiger partial charge in [-0.15, -0.1) is 0 Å². The predicted octanol–water partition coefficient (Wildman–Crippen LogP) is 3.58. The topological polar surface area (TPSA) is 57.0 Å². The van der Waals surface area contributed by atoms with Gasteiger partial charge in [-0.25, -0.2) is 4.98 Å². The van der Waals surface area contributed by atoms with Gasteiger partial charge in [0.15, 0.2) is 6.29 Å². The second-order valence-electron chi connectivity index (χ2n) is 9.65. The number of hydrogen-bond donors (Lipinski definition) is 0. The van der Waals surface area contributed by atoms with Crippen LogP contribution >= 0.6 is 0 Å². The number of pyridine rings is 2. The molecule has 33 heavy (non-hydrogen) atoms. The van der Waals surface area contributed by atoms with Gasteiger partial charge in [0.25, 0.3) is 0 Å². The molecule has 0 amide bonds. The number of rotatable bonds is 6. The van der Waals surface area contributed by atoms with Crippen LogP contribution in [0.3, 0.4) is 0 Å². The number of imidazole rings is 1. The van der Waals surface area contributed by atoms with Crippen LogP contribution in [0.5, 0.6) is 0 Å². The van der Waals surface area contributed by atoms with Crippen LogP contribution in [0.4, 0.5) is 5.82 Å². The summed E-state index contributed by atoms with van der Waals surface area (Å²) in [7, 11) is 2.16. The molecule has 0 unspecified atom stereocenters. The lowest BCUT2D eigenvalue weighted by atomic mass is 9.90. The zero-order valence-electron chi connectivity index (χ0n) is 19.9. The first-order chi connectivity index (χ1) is 16.1. The molecule has 2 aliphatic rings. The van der Waals surface area contributed by atoms with Gasteiger partial charge in [0.1, 0.15) is 17.2 Å². The maximum Gasteiger partial charge on any atom is 0.168 e. The van der Waals surface area contributed by atoms with E-state index in [1.54, 1.807) is 0 Å². The summed E-state index contributed by atoms with van der Waals surface area (Å²) in [6.45, 7) is 9.02. The Bertz CT molecular complexity index is 1130. The van der Waals surface area contributed by atoms with E-state index in [0.29, 0.717) is 18.3 Å². The molecule has 5 rings (SSSR count). The van der Waals surface area contributed by atoms with Gasteiger partial charge < -0.3 is 9.80 Å². The Morgan fingerprint density at radius 3 is 2.73 bits per heavy atom. The second-order valence-corrected chi connectivity index (χ2v) is 9.65. The summed E-state index contributed by atoms with van der Waals surface area (Å²) < 4.78 is 2.05. The molecular weight excluding hydrogens is 412 g/mol. The van der Waals surface area contributed by atoms with E-state index in [1.807, 2.05) is 18.3 Å². The zero-order chi connectivity index (χ0) is 22.9. The first kappa shape index (κ1) is 22.0. The molecule has 1 fully saturated rings. The fraction of sp³-hybridized carbons (Fsp3) is 0.500. The molecule has 3 aromatic rings. The normalized spacial score (nSPS) is 19.4. The van der Waals surface area contributed by atoms with Crippen molar-refractivity contribution < 1.29 is 4.79 Å². The fourth-order valence-electron chi connectivity index (χ4n) is 5.40. The summed E-state index contributed by atoms with van der Waals surface area (Å²) in [6.07, 6.45) is 6.22. The molecular formula is C26H34N6O. The highest BCUT2D eigenvalue weighted by molar-refractivity contribution is 5.78. The van der Waals surface area contributed by atoms with Gasteiger partial charge in [-0.05, 0) is 63.9 Å². The molecule has 4 heterocycles. The molecule has 0 radical (unpaired) electrons. The van der Waals surface area contributed by atoms with Crippen molar-refractivity contribution in [1.29, 1.82) is 0 Å². The number of aromatic nitrogens is 3. The van der Waals surface area contributed by atoms with Crippen LogP contribution in [0.25, 0.3) is 5.65 Å². The molecule has 7 nitrogen and oxygen atoms in total. The highest BCUT2D eigenvalue weighted by Crippen LogP contribution is 2.35. The van der Waals surface area contributed by atoms with E-state index in [4.69, 9.17) is 9.97 Å². The minimum atomic E-state index is 0.247. The first-order valence-corrected chi connectivity index (χ1v) is 12.2. The largest absolute Gasteiger partial charge is 0.355 e. The van der Waals surface area contributed by atoms with Crippen molar-refractivity contribution in [2.45, 2.75) is 51.7 Å². The maximum absolute atomic E-state index is 12.4. The SMILES string of the molecule is CC(C)N(Cc1nc2cccc(N3CCN(C)CC3)n2c1C=O)[C@H]1CCCc2cccnc21. The molecule has 0 aromatic carbocycles. The van der Waals surface area contributed by atoms with Gasteiger partial charge in [0.05, 0.1) is 17.4 Å². The first-order valence-electron chi connectivity index (χ1n) is 12.2. The summed E-state index contributed by atoms with van der Waals surface area (Å²) in [4.78, 5) is 29.3. The smallest absolute Gasteiger partial charge is 0.168 e. The van der Waals surface area contributed by atoms with E-state index in [2.05, 4.69) is 58.2 Å². The van der Waals surface area contributed by atoms with E-state index < -0.39 is 0 Å². The Kier molecular flexibility index (Phi) is 6.17. The van der Waals surface area contributed by atoms with E-state index in [0.717, 1.165) is 68.9 Å². The zero-order valence-corrected chi connectivity index (χ0v) is 19.9. The van der Waals surface area contributed by atoms with E-state index in [-0.39, 0.29) is 6.04 Å². The lowest BCUT2D eigenvalue weighted by Crippen LogP contribution is -2.45. The molecule has 174 valence electrons. The highest BCUT2D eigenvalue weighted by atomic mass is 16.1. The van der Waals surface area contributed by atoms with Crippen LogP contribution in [-0.4, -0.2) is 69.7 Å². The second kappa shape index (κ2) is 9.23. The number of piperazine rings is 1. The number of anilines is 1. The van der Waals surface area contributed by atoms with Crippen LogP contribution in [-0.2, 0) is 13.0 Å². The van der Waals surface area contributed by atoms with Crippen LogP contribution in [0.2, 0.25) is 0 Å². The van der Waals surface area contributed by atoms with Gasteiger partial charge in [-0.3, -0.25) is 19.1 Å². The summed E-state index contributed by atoms with van der Waals surface area (Å²) in [6, 6.07) is 11.0. The number of hydrogen-bond acceptors (Lipinski definition) is 6. The number of carbonyl (C=O) groups excluding carboxylic acids is 1. The fourth-order valence-corrected chi connectivity index (χ4v) is 5.40. The third-order valence-electron chi connectivity index (χ3n) is 7.24. The number of carbonyl (C=O) groups is 1. The Morgan fingerprint density at radius 2 is 1.97 bits per heavy atom. The molecule has 0 N–H and O–H groups in total. The van der Waals surface area contributed by atoms with Crippen molar-refractivity contribution in [2.75, 3.05) is 38.1 Å². The standard InChI is InChI=1S/C26H34N6O/c1-19(2)31(22-9-4-7-20-8-6-12-27-26(20)22)17-21-23(18-33)32-24(28-21)10-5-11-25(32)30-15-13-29(3)14-16-30/h5-6,8,10-12,18-19,22H,4,7,9,13-17H2,1-3H3/t22-/m0/s1. The lowest BCUT2D eigenvalue weighted by molar-refractivity contribution is 0.110. The van der Waals surface area contributed by atoms with Crippen molar-refractivity contribution in [2.24, 2.45) is 0 Å². The van der Waals surface area contributed by atoms with Crippen LogP contribution in [0, 0.1) is 0 Å². The average molecular weight is 447 g/mol. The highest BCUT2D eigenvalue weighted by Gasteiger charge is 2.30. The Morgan fingerprint density at radius 1 is 1.15 bits per heavy atom. The number of likely N-dealkylation sites (N-methyl/N-ethyl adjacent to an activating group) is 1. The van der Waals surface area contributed by atoms with Crippen molar-refractivity contribution in [1.82, 2.24) is 24.2 Å². The van der Waals surface area contributed by atoms with Gasteiger partial charge in [0.2, 0.25) is 0 Å². The monoisotopic (exact) mass is 446 g/mol. The molecule has 1 atom stereocenters. The molecule has 1 aliphatic heterocycles. The third-order valence-corrected chi connectivity index (χ3v) is 7.24. The van der Waals surface area contributed by atoms with Gasteiger partial charge in [-0.1, -0.05) is 12.1 Å². The average Bonchev–Trinajstić information content (AvgIpc) is 3.20. The molecule has 1 saturated heterocycles. The Labute approximate surface area is 196 Å². The molecule has 0 bridgehead atoms. The lowest BCUT2D eigenvalue weighted by Gasteiger charge is -2.37. The van der Waals surface area contributed by atoms with Gasteiger partial charge in [0, 0.05) is 45.0 Å². The van der Waals surface area contributed by atoms with E-state index in [1.165, 1.54) is 11.3 Å². The molecule has 1 aliphatic carbocycles. The minimum Gasteiger partial charge on any atom is -0.355 e. The molecule has 7 heteroatoms. The van der Waals surface area contributed by atoms with E-state index >= 15 is 0 Å². The summed E-state index contributed by atoms with van der Waals surface area (Å²) in [5.74, 6) is 1.06. The van der Waals surface area contributed by atoms with Crippen LogP contribution < -0.4 is 4.90 Å². The van der Waals surface area contributed by atoms with Crippen molar-refractivity contribution in [3.05, 3.63) is 59.2 Å². The molecule has 3 aromatic heterocycles. The quantitative estimate of drug-likeness (QED) is 0.540. The third kappa shape index (κ3) is 4.15. The Hall–Kier alpha value is -2.77. The predicted molar refractivity (Wildman–Crippen MR) is 131 cm³/mol. The maximum atomic E-state index is 12.4. The Balaban J connectivity index is 1.52. The molecule has 0 saturated carbocycles. The summed E-state index contributed by atoms with van der Waals surface area (Å²) in [5.41, 5.74) is 4.90. The minimum absolute atomic E-state index is 0.247. The summed E-state index contributed by atoms with van der Waals surface area (Å²) >= 11 is 0. The van der Waals surface area contributed by atoms with Crippen LogP contribution in [0.15, 0.2) is 36.5 Å². The van der Waals surface area contributed by atoms with Gasteiger partial charge >= 0.3 is 0 Å². The van der Waals surface area contributed by atoms with Gasteiger partial charge in [-0.2, -0.15) is 0 Å². The number of aryl methyl sites for hydroxylation is 1. The van der Waals surface area contributed by atoms with Crippen molar-refractivity contribution >= 4 is 17.8 Å². The summed E-state index contributed by atoms with van der Waals surface area (Å²) in [5, 5.41) is 0. The number of fused-ring (bicyclic) bond motifs is 2. The van der Waals surface area contributed by atoms with Crippen molar-refractivity contribution in [3.8, 4) is 0 Å². The number of nitrogens with zero attached hydrogens (tertiary/aromatic N) is 6. The molecule has 0 spiro atoms. The van der Waals surface area contributed by atoms with Crippen molar-refractivity contribution in [3.63, 3.8) is 0 Å². The van der Waals surface area contributed by atoms with E-state index in [9.17, 15) is 4.79 Å².